The third kappa shape index (κ3) is 3.95. The van der Waals surface area contributed by atoms with Gasteiger partial charge in [0.1, 0.15) is 0 Å². The van der Waals surface area contributed by atoms with Gasteiger partial charge in [-0.15, -0.1) is 0 Å². The third-order valence-electron chi connectivity index (χ3n) is 3.33. The average Bonchev–Trinajstić information content (AvgIpc) is 2.66. The van der Waals surface area contributed by atoms with Crippen LogP contribution in [0.15, 0.2) is 0 Å². The molecule has 1 aliphatic rings. The van der Waals surface area contributed by atoms with Crippen LogP contribution in [0.5, 0.6) is 0 Å². The molecular weight excluding hydrogens is 252 g/mol. The van der Waals surface area contributed by atoms with Crippen LogP contribution in [0.1, 0.15) is 26.7 Å². The van der Waals surface area contributed by atoms with Crippen LogP contribution in [0.25, 0.3) is 0 Å². The minimum absolute atomic E-state index is 0.0632. The molecule has 0 saturated carbocycles. The highest BCUT2D eigenvalue weighted by Gasteiger charge is 2.35. The summed E-state index contributed by atoms with van der Waals surface area (Å²) in [6.45, 7) is 5.16. The zero-order valence-corrected chi connectivity index (χ0v) is 12.3. The summed E-state index contributed by atoms with van der Waals surface area (Å²) in [5.41, 5.74) is 0. The SMILES string of the molecule is CCCN(C(=O)C(C)CNC)C1CCS(=O)(=O)C1. The molecule has 6 heteroatoms. The van der Waals surface area contributed by atoms with Crippen LogP contribution in [-0.4, -0.2) is 56.9 Å². The Balaban J connectivity index is 2.73. The van der Waals surface area contributed by atoms with Crippen LogP contribution in [0.4, 0.5) is 0 Å². The summed E-state index contributed by atoms with van der Waals surface area (Å²) in [7, 11) is -1.13. The number of carbonyl (C=O) groups is 1. The van der Waals surface area contributed by atoms with E-state index in [2.05, 4.69) is 5.32 Å². The van der Waals surface area contributed by atoms with E-state index in [1.54, 1.807) is 4.90 Å². The van der Waals surface area contributed by atoms with Crippen molar-refractivity contribution in [2.45, 2.75) is 32.7 Å². The third-order valence-corrected chi connectivity index (χ3v) is 5.08. The molecule has 0 bridgehead atoms. The number of hydrogen-bond donors (Lipinski definition) is 1. The van der Waals surface area contributed by atoms with Crippen molar-refractivity contribution in [3.05, 3.63) is 0 Å². The van der Waals surface area contributed by atoms with Gasteiger partial charge >= 0.3 is 0 Å². The monoisotopic (exact) mass is 276 g/mol. The predicted octanol–water partition coefficient (Wildman–Crippen LogP) is 0.268. The van der Waals surface area contributed by atoms with Crippen molar-refractivity contribution in [3.8, 4) is 0 Å². The molecule has 1 saturated heterocycles. The molecule has 1 fully saturated rings. The minimum atomic E-state index is -2.94. The van der Waals surface area contributed by atoms with E-state index in [1.807, 2.05) is 20.9 Å². The van der Waals surface area contributed by atoms with Crippen molar-refractivity contribution < 1.29 is 13.2 Å². The molecule has 106 valence electrons. The highest BCUT2D eigenvalue weighted by molar-refractivity contribution is 7.91. The molecule has 2 atom stereocenters. The summed E-state index contributed by atoms with van der Waals surface area (Å²) in [5.74, 6) is 0.300. The Labute approximate surface area is 110 Å². The van der Waals surface area contributed by atoms with Gasteiger partial charge in [0.2, 0.25) is 5.91 Å². The number of nitrogens with zero attached hydrogens (tertiary/aromatic N) is 1. The largest absolute Gasteiger partial charge is 0.338 e. The van der Waals surface area contributed by atoms with Crippen LogP contribution >= 0.6 is 0 Å². The summed E-state index contributed by atoms with van der Waals surface area (Å²) in [4.78, 5) is 14.1. The van der Waals surface area contributed by atoms with Crippen molar-refractivity contribution in [3.63, 3.8) is 0 Å². The van der Waals surface area contributed by atoms with Crippen molar-refractivity contribution in [1.29, 1.82) is 0 Å². The van der Waals surface area contributed by atoms with Crippen LogP contribution < -0.4 is 5.32 Å². The molecule has 0 spiro atoms. The maximum Gasteiger partial charge on any atom is 0.226 e. The second-order valence-electron chi connectivity index (χ2n) is 5.05. The summed E-state index contributed by atoms with van der Waals surface area (Å²) in [6.07, 6.45) is 1.44. The van der Waals surface area contributed by atoms with Crippen molar-refractivity contribution >= 4 is 15.7 Å². The number of sulfone groups is 1. The van der Waals surface area contributed by atoms with E-state index in [0.29, 0.717) is 19.5 Å². The van der Waals surface area contributed by atoms with Gasteiger partial charge in [-0.05, 0) is 19.9 Å². The van der Waals surface area contributed by atoms with Crippen LogP contribution in [0.2, 0.25) is 0 Å². The quantitative estimate of drug-likeness (QED) is 0.756. The minimum Gasteiger partial charge on any atom is -0.338 e. The Morgan fingerprint density at radius 3 is 2.61 bits per heavy atom. The highest BCUT2D eigenvalue weighted by atomic mass is 32.2. The molecule has 5 nitrogen and oxygen atoms in total. The molecule has 1 heterocycles. The standard InChI is InChI=1S/C12H24N2O3S/c1-4-6-14(12(15)10(2)8-13-3)11-5-7-18(16,17)9-11/h10-11,13H,4-9H2,1-3H3. The van der Waals surface area contributed by atoms with E-state index in [1.165, 1.54) is 0 Å². The Bertz CT molecular complexity index is 381. The summed E-state index contributed by atoms with van der Waals surface area (Å²) >= 11 is 0. The smallest absolute Gasteiger partial charge is 0.226 e. The number of hydrogen-bond acceptors (Lipinski definition) is 4. The lowest BCUT2D eigenvalue weighted by Gasteiger charge is -2.30. The molecule has 1 aliphatic heterocycles. The van der Waals surface area contributed by atoms with Gasteiger partial charge in [0.05, 0.1) is 11.5 Å². The summed E-state index contributed by atoms with van der Waals surface area (Å²) in [5, 5.41) is 2.99. The van der Waals surface area contributed by atoms with Crippen molar-refractivity contribution in [2.24, 2.45) is 5.92 Å². The Morgan fingerprint density at radius 1 is 1.50 bits per heavy atom. The summed E-state index contributed by atoms with van der Waals surface area (Å²) < 4.78 is 23.0. The zero-order valence-electron chi connectivity index (χ0n) is 11.5. The first-order chi connectivity index (χ1) is 8.41. The lowest BCUT2D eigenvalue weighted by molar-refractivity contribution is -0.136. The fourth-order valence-corrected chi connectivity index (χ4v) is 4.14. The van der Waals surface area contributed by atoms with E-state index in [0.717, 1.165) is 6.42 Å². The molecule has 1 amide bonds. The van der Waals surface area contributed by atoms with E-state index >= 15 is 0 Å². The van der Waals surface area contributed by atoms with Gasteiger partial charge in [0.25, 0.3) is 0 Å². The first-order valence-corrected chi connectivity index (χ1v) is 8.39. The van der Waals surface area contributed by atoms with Crippen molar-refractivity contribution in [2.75, 3.05) is 31.6 Å². The van der Waals surface area contributed by atoms with Gasteiger partial charge in [-0.25, -0.2) is 8.42 Å². The molecule has 2 unspecified atom stereocenters. The van der Waals surface area contributed by atoms with Gasteiger partial charge in [-0.3, -0.25) is 4.79 Å². The number of carbonyl (C=O) groups excluding carboxylic acids is 1. The maximum absolute atomic E-state index is 12.3. The van der Waals surface area contributed by atoms with Gasteiger partial charge < -0.3 is 10.2 Å². The summed E-state index contributed by atoms with van der Waals surface area (Å²) in [6, 6.07) is -0.123. The van der Waals surface area contributed by atoms with Gasteiger partial charge in [0, 0.05) is 25.0 Å². The lowest BCUT2D eigenvalue weighted by Crippen LogP contribution is -2.45. The topological polar surface area (TPSA) is 66.5 Å². The maximum atomic E-state index is 12.3. The zero-order chi connectivity index (χ0) is 13.8. The molecule has 0 aromatic carbocycles. The second-order valence-corrected chi connectivity index (χ2v) is 7.28. The van der Waals surface area contributed by atoms with E-state index < -0.39 is 9.84 Å². The van der Waals surface area contributed by atoms with E-state index in [4.69, 9.17) is 0 Å². The Kier molecular flexibility index (Phi) is 5.59. The molecule has 0 aromatic rings. The molecule has 0 aromatic heterocycles. The Hall–Kier alpha value is -0.620. The fraction of sp³-hybridized carbons (Fsp3) is 0.917. The normalized spacial score (nSPS) is 23.8. The Morgan fingerprint density at radius 2 is 2.17 bits per heavy atom. The number of nitrogens with one attached hydrogen (secondary N) is 1. The first-order valence-electron chi connectivity index (χ1n) is 6.56. The lowest BCUT2D eigenvalue weighted by atomic mass is 10.1. The van der Waals surface area contributed by atoms with Gasteiger partial charge in [0.15, 0.2) is 9.84 Å². The fourth-order valence-electron chi connectivity index (χ4n) is 2.41. The molecular formula is C12H24N2O3S. The highest BCUT2D eigenvalue weighted by Crippen LogP contribution is 2.20. The molecule has 1 N–H and O–H groups in total. The van der Waals surface area contributed by atoms with Crippen LogP contribution in [-0.2, 0) is 14.6 Å². The van der Waals surface area contributed by atoms with Gasteiger partial charge in [-0.2, -0.15) is 0 Å². The first kappa shape index (κ1) is 15.4. The average molecular weight is 276 g/mol. The number of rotatable bonds is 6. The van der Waals surface area contributed by atoms with Crippen LogP contribution in [0, 0.1) is 5.92 Å². The molecule has 18 heavy (non-hydrogen) atoms. The second kappa shape index (κ2) is 6.52. The molecule has 1 rings (SSSR count). The van der Waals surface area contributed by atoms with Crippen molar-refractivity contribution in [1.82, 2.24) is 10.2 Å². The molecule has 0 radical (unpaired) electrons. The van der Waals surface area contributed by atoms with E-state index in [9.17, 15) is 13.2 Å². The molecule has 0 aliphatic carbocycles. The van der Waals surface area contributed by atoms with Crippen LogP contribution in [0.3, 0.4) is 0 Å². The predicted molar refractivity (Wildman–Crippen MR) is 72.2 cm³/mol. The van der Waals surface area contributed by atoms with E-state index in [-0.39, 0.29) is 29.4 Å². The van der Waals surface area contributed by atoms with Gasteiger partial charge in [-0.1, -0.05) is 13.8 Å². The number of amides is 1.